The maximum Gasteiger partial charge on any atom is 0.287 e. The highest BCUT2D eigenvalue weighted by Crippen LogP contribution is 2.13. The molecule has 4 nitrogen and oxygen atoms in total. The fourth-order valence-electron chi connectivity index (χ4n) is 1.36. The van der Waals surface area contributed by atoms with E-state index in [4.69, 9.17) is 4.42 Å². The molecular formula is C11H11BrN2O2. The van der Waals surface area contributed by atoms with Crippen LogP contribution in [0.2, 0.25) is 0 Å². The molecule has 0 aliphatic heterocycles. The van der Waals surface area contributed by atoms with Gasteiger partial charge in [-0.1, -0.05) is 0 Å². The van der Waals surface area contributed by atoms with Crippen molar-refractivity contribution in [2.24, 2.45) is 0 Å². The Morgan fingerprint density at radius 2 is 2.31 bits per heavy atom. The summed E-state index contributed by atoms with van der Waals surface area (Å²) in [4.78, 5) is 14.5. The van der Waals surface area contributed by atoms with E-state index in [1.165, 1.54) is 5.56 Å². The van der Waals surface area contributed by atoms with E-state index < -0.39 is 0 Å². The van der Waals surface area contributed by atoms with E-state index in [9.17, 15) is 4.79 Å². The second-order valence-electron chi connectivity index (χ2n) is 3.33. The number of aromatic amines is 1. The number of carbonyl (C=O) groups excluding carboxylic acids is 1. The minimum atomic E-state index is -0.193. The summed E-state index contributed by atoms with van der Waals surface area (Å²) in [5.41, 5.74) is 1.17. The fourth-order valence-corrected chi connectivity index (χ4v) is 1.66. The molecular weight excluding hydrogens is 272 g/mol. The average molecular weight is 283 g/mol. The van der Waals surface area contributed by atoms with Crippen LogP contribution in [-0.4, -0.2) is 17.4 Å². The zero-order valence-corrected chi connectivity index (χ0v) is 10.1. The van der Waals surface area contributed by atoms with Crippen molar-refractivity contribution in [3.63, 3.8) is 0 Å². The highest BCUT2D eigenvalue weighted by atomic mass is 79.9. The van der Waals surface area contributed by atoms with Gasteiger partial charge in [0.2, 0.25) is 0 Å². The Labute approximate surface area is 101 Å². The first-order chi connectivity index (χ1) is 7.75. The molecule has 84 valence electrons. The van der Waals surface area contributed by atoms with Crippen molar-refractivity contribution in [2.75, 3.05) is 6.54 Å². The molecule has 5 heteroatoms. The maximum atomic E-state index is 11.6. The van der Waals surface area contributed by atoms with Crippen LogP contribution in [0.4, 0.5) is 0 Å². The summed E-state index contributed by atoms with van der Waals surface area (Å²) in [5, 5.41) is 2.78. The van der Waals surface area contributed by atoms with Gasteiger partial charge in [0.05, 0.1) is 0 Å². The zero-order valence-electron chi connectivity index (χ0n) is 8.50. The van der Waals surface area contributed by atoms with Crippen molar-refractivity contribution in [3.8, 4) is 0 Å². The largest absolute Gasteiger partial charge is 0.444 e. The molecule has 2 aromatic rings. The molecule has 0 atom stereocenters. The normalized spacial score (nSPS) is 10.3. The zero-order chi connectivity index (χ0) is 11.4. The molecule has 0 bridgehead atoms. The summed E-state index contributed by atoms with van der Waals surface area (Å²) >= 11 is 3.15. The molecule has 0 aliphatic carbocycles. The standard InChI is InChI=1S/C11H11BrN2O2/c12-10-2-1-9(16-10)11(15)14-6-4-8-3-5-13-7-8/h1-3,5,7,13H,4,6H2,(H,14,15). The number of aromatic nitrogens is 1. The van der Waals surface area contributed by atoms with Gasteiger partial charge in [-0.25, -0.2) is 0 Å². The SMILES string of the molecule is O=C(NCCc1cc[nH]c1)c1ccc(Br)o1. The van der Waals surface area contributed by atoms with Gasteiger partial charge >= 0.3 is 0 Å². The Bertz CT molecular complexity index is 462. The molecule has 2 N–H and O–H groups in total. The molecule has 0 fully saturated rings. The van der Waals surface area contributed by atoms with E-state index in [1.807, 2.05) is 18.5 Å². The Kier molecular flexibility index (Phi) is 3.46. The average Bonchev–Trinajstić information content (AvgIpc) is 2.89. The third kappa shape index (κ3) is 2.76. The predicted octanol–water partition coefficient (Wildman–Crippen LogP) is 2.34. The highest BCUT2D eigenvalue weighted by Gasteiger charge is 2.09. The van der Waals surface area contributed by atoms with Crippen LogP contribution in [0.15, 0.2) is 39.7 Å². The summed E-state index contributed by atoms with van der Waals surface area (Å²) in [5.74, 6) is 0.127. The number of amides is 1. The van der Waals surface area contributed by atoms with Gasteiger partial charge in [-0.15, -0.1) is 0 Å². The molecule has 0 saturated carbocycles. The van der Waals surface area contributed by atoms with Crippen LogP contribution in [0.5, 0.6) is 0 Å². The Balaban J connectivity index is 1.80. The van der Waals surface area contributed by atoms with Crippen LogP contribution in [0.3, 0.4) is 0 Å². The van der Waals surface area contributed by atoms with Crippen LogP contribution < -0.4 is 5.32 Å². The molecule has 0 saturated heterocycles. The topological polar surface area (TPSA) is 58.0 Å². The smallest absolute Gasteiger partial charge is 0.287 e. The Morgan fingerprint density at radius 1 is 1.44 bits per heavy atom. The molecule has 2 aromatic heterocycles. The third-order valence-corrected chi connectivity index (χ3v) is 2.58. The maximum absolute atomic E-state index is 11.6. The first kappa shape index (κ1) is 11.0. The van der Waals surface area contributed by atoms with Crippen molar-refractivity contribution >= 4 is 21.8 Å². The number of halogens is 1. The summed E-state index contributed by atoms with van der Waals surface area (Å²) in [6.45, 7) is 0.592. The van der Waals surface area contributed by atoms with Gasteiger partial charge in [0.15, 0.2) is 10.4 Å². The number of furan rings is 1. The number of rotatable bonds is 4. The van der Waals surface area contributed by atoms with Gasteiger partial charge in [-0.3, -0.25) is 4.79 Å². The minimum Gasteiger partial charge on any atom is -0.444 e. The lowest BCUT2D eigenvalue weighted by atomic mass is 10.2. The molecule has 2 heterocycles. The molecule has 0 spiro atoms. The lowest BCUT2D eigenvalue weighted by Crippen LogP contribution is -2.25. The van der Waals surface area contributed by atoms with E-state index >= 15 is 0 Å². The lowest BCUT2D eigenvalue weighted by molar-refractivity contribution is 0.0925. The van der Waals surface area contributed by atoms with Crippen molar-refractivity contribution in [3.05, 3.63) is 46.6 Å². The lowest BCUT2D eigenvalue weighted by Gasteiger charge is -2.01. The summed E-state index contributed by atoms with van der Waals surface area (Å²) in [7, 11) is 0. The summed E-state index contributed by atoms with van der Waals surface area (Å²) in [6, 6.07) is 5.31. The number of hydrogen-bond donors (Lipinski definition) is 2. The van der Waals surface area contributed by atoms with Crippen molar-refractivity contribution < 1.29 is 9.21 Å². The van der Waals surface area contributed by atoms with E-state index in [0.717, 1.165) is 6.42 Å². The first-order valence-corrected chi connectivity index (χ1v) is 5.70. The second kappa shape index (κ2) is 5.03. The molecule has 1 amide bonds. The summed E-state index contributed by atoms with van der Waals surface area (Å²) in [6.07, 6.45) is 4.58. The number of nitrogens with one attached hydrogen (secondary N) is 2. The minimum absolute atomic E-state index is 0.193. The van der Waals surface area contributed by atoms with Crippen LogP contribution in [-0.2, 0) is 6.42 Å². The van der Waals surface area contributed by atoms with Gasteiger partial charge in [-0.2, -0.15) is 0 Å². The highest BCUT2D eigenvalue weighted by molar-refractivity contribution is 9.10. The van der Waals surface area contributed by atoms with Gasteiger partial charge in [0.25, 0.3) is 5.91 Å². The van der Waals surface area contributed by atoms with Crippen LogP contribution in [0.1, 0.15) is 16.1 Å². The van der Waals surface area contributed by atoms with Crippen molar-refractivity contribution in [1.29, 1.82) is 0 Å². The predicted molar refractivity (Wildman–Crippen MR) is 63.2 cm³/mol. The van der Waals surface area contributed by atoms with Gasteiger partial charge in [0.1, 0.15) is 0 Å². The molecule has 16 heavy (non-hydrogen) atoms. The van der Waals surface area contributed by atoms with Crippen LogP contribution >= 0.6 is 15.9 Å². The van der Waals surface area contributed by atoms with E-state index in [1.54, 1.807) is 12.1 Å². The quantitative estimate of drug-likeness (QED) is 0.904. The fraction of sp³-hybridized carbons (Fsp3) is 0.182. The van der Waals surface area contributed by atoms with Gasteiger partial charge in [-0.05, 0) is 46.1 Å². The van der Waals surface area contributed by atoms with E-state index in [-0.39, 0.29) is 5.91 Å². The van der Waals surface area contributed by atoms with Crippen molar-refractivity contribution in [2.45, 2.75) is 6.42 Å². The number of carbonyl (C=O) groups is 1. The molecule has 0 radical (unpaired) electrons. The third-order valence-electron chi connectivity index (χ3n) is 2.16. The second-order valence-corrected chi connectivity index (χ2v) is 4.11. The first-order valence-electron chi connectivity index (χ1n) is 4.91. The number of H-pyrrole nitrogens is 1. The van der Waals surface area contributed by atoms with Gasteiger partial charge in [0, 0.05) is 18.9 Å². The molecule has 0 aromatic carbocycles. The number of hydrogen-bond acceptors (Lipinski definition) is 2. The van der Waals surface area contributed by atoms with Crippen LogP contribution in [0, 0.1) is 0 Å². The molecule has 2 rings (SSSR count). The van der Waals surface area contributed by atoms with Crippen molar-refractivity contribution in [1.82, 2.24) is 10.3 Å². The Hall–Kier alpha value is -1.49. The summed E-state index contributed by atoms with van der Waals surface area (Å²) < 4.78 is 5.69. The molecule has 0 aliphatic rings. The van der Waals surface area contributed by atoms with Gasteiger partial charge < -0.3 is 14.7 Å². The Morgan fingerprint density at radius 3 is 2.94 bits per heavy atom. The van der Waals surface area contributed by atoms with E-state index in [0.29, 0.717) is 17.0 Å². The van der Waals surface area contributed by atoms with E-state index in [2.05, 4.69) is 26.2 Å². The monoisotopic (exact) mass is 282 g/mol. The van der Waals surface area contributed by atoms with Crippen LogP contribution in [0.25, 0.3) is 0 Å². The molecule has 0 unspecified atom stereocenters.